The molecule has 0 spiro atoms. The van der Waals surface area contributed by atoms with Crippen LogP contribution in [0.25, 0.3) is 0 Å². The van der Waals surface area contributed by atoms with E-state index in [1.165, 1.54) is 0 Å². The van der Waals surface area contributed by atoms with E-state index in [1.54, 1.807) is 6.20 Å². The number of carbonyl (C=O) groups is 1. The van der Waals surface area contributed by atoms with E-state index in [4.69, 9.17) is 4.52 Å². The summed E-state index contributed by atoms with van der Waals surface area (Å²) >= 11 is 0. The van der Waals surface area contributed by atoms with Gasteiger partial charge in [0, 0.05) is 50.7 Å². The zero-order valence-corrected chi connectivity index (χ0v) is 13.0. The quantitative estimate of drug-likeness (QED) is 0.862. The molecule has 6 nitrogen and oxygen atoms in total. The lowest BCUT2D eigenvalue weighted by Crippen LogP contribution is -2.48. The minimum atomic E-state index is 0.0597. The first kappa shape index (κ1) is 14.7. The SMILES string of the molecule is Cc1ccc(C(=O)N2CCN(Cc3cc(C)on3)CC2)cn1. The van der Waals surface area contributed by atoms with Crippen LogP contribution < -0.4 is 0 Å². The van der Waals surface area contributed by atoms with Crippen LogP contribution in [0.5, 0.6) is 0 Å². The van der Waals surface area contributed by atoms with Crippen molar-refractivity contribution in [2.24, 2.45) is 0 Å². The summed E-state index contributed by atoms with van der Waals surface area (Å²) < 4.78 is 5.08. The normalized spacial score (nSPS) is 16.0. The largest absolute Gasteiger partial charge is 0.361 e. The maximum Gasteiger partial charge on any atom is 0.255 e. The molecule has 22 heavy (non-hydrogen) atoms. The Morgan fingerprint density at radius 2 is 2.00 bits per heavy atom. The smallest absolute Gasteiger partial charge is 0.255 e. The minimum Gasteiger partial charge on any atom is -0.361 e. The highest BCUT2D eigenvalue weighted by Crippen LogP contribution is 2.11. The second kappa shape index (κ2) is 6.27. The Labute approximate surface area is 129 Å². The van der Waals surface area contributed by atoms with Crippen LogP contribution in [0.4, 0.5) is 0 Å². The molecule has 1 fully saturated rings. The molecule has 3 heterocycles. The summed E-state index contributed by atoms with van der Waals surface area (Å²) in [5, 5.41) is 4.01. The van der Waals surface area contributed by atoms with Crippen molar-refractivity contribution in [2.45, 2.75) is 20.4 Å². The van der Waals surface area contributed by atoms with Crippen LogP contribution in [0.1, 0.15) is 27.5 Å². The highest BCUT2D eigenvalue weighted by atomic mass is 16.5. The molecule has 1 aliphatic heterocycles. The van der Waals surface area contributed by atoms with Crippen LogP contribution in [0, 0.1) is 13.8 Å². The second-order valence-corrected chi connectivity index (χ2v) is 5.69. The number of aromatic nitrogens is 2. The Morgan fingerprint density at radius 3 is 2.59 bits per heavy atom. The average Bonchev–Trinajstić information content (AvgIpc) is 2.93. The van der Waals surface area contributed by atoms with E-state index < -0.39 is 0 Å². The van der Waals surface area contributed by atoms with E-state index in [2.05, 4.69) is 15.0 Å². The van der Waals surface area contributed by atoms with Gasteiger partial charge in [-0.25, -0.2) is 0 Å². The predicted octanol–water partition coefficient (Wildman–Crippen LogP) is 1.64. The molecule has 0 aromatic carbocycles. The lowest BCUT2D eigenvalue weighted by molar-refractivity contribution is 0.0625. The first-order valence-electron chi connectivity index (χ1n) is 7.48. The first-order chi connectivity index (χ1) is 10.6. The molecule has 6 heteroatoms. The second-order valence-electron chi connectivity index (χ2n) is 5.69. The summed E-state index contributed by atoms with van der Waals surface area (Å²) in [6.07, 6.45) is 1.65. The van der Waals surface area contributed by atoms with Crippen molar-refractivity contribution in [2.75, 3.05) is 26.2 Å². The number of nitrogens with zero attached hydrogens (tertiary/aromatic N) is 4. The molecule has 0 bridgehead atoms. The fraction of sp³-hybridized carbons (Fsp3) is 0.438. The summed E-state index contributed by atoms with van der Waals surface area (Å²) in [7, 11) is 0. The molecule has 0 radical (unpaired) electrons. The number of hydrogen-bond donors (Lipinski definition) is 0. The highest BCUT2D eigenvalue weighted by molar-refractivity contribution is 5.94. The Kier molecular flexibility index (Phi) is 4.20. The van der Waals surface area contributed by atoms with Gasteiger partial charge in [-0.05, 0) is 26.0 Å². The summed E-state index contributed by atoms with van der Waals surface area (Å²) in [6, 6.07) is 5.67. The van der Waals surface area contributed by atoms with E-state index in [0.717, 1.165) is 49.9 Å². The van der Waals surface area contributed by atoms with Gasteiger partial charge < -0.3 is 9.42 Å². The molecule has 1 amide bonds. The van der Waals surface area contributed by atoms with Gasteiger partial charge in [0.15, 0.2) is 0 Å². The number of hydrogen-bond acceptors (Lipinski definition) is 5. The molecule has 0 aliphatic carbocycles. The topological polar surface area (TPSA) is 62.5 Å². The van der Waals surface area contributed by atoms with Crippen molar-refractivity contribution < 1.29 is 9.32 Å². The molecule has 0 N–H and O–H groups in total. The Balaban J connectivity index is 1.55. The monoisotopic (exact) mass is 300 g/mol. The van der Waals surface area contributed by atoms with Crippen molar-refractivity contribution in [3.8, 4) is 0 Å². The van der Waals surface area contributed by atoms with Crippen LogP contribution in [-0.4, -0.2) is 52.0 Å². The van der Waals surface area contributed by atoms with Crippen LogP contribution in [0.3, 0.4) is 0 Å². The maximum absolute atomic E-state index is 12.4. The molecule has 0 atom stereocenters. The number of aryl methyl sites for hydroxylation is 2. The van der Waals surface area contributed by atoms with E-state index in [1.807, 2.05) is 36.9 Å². The summed E-state index contributed by atoms with van der Waals surface area (Å²) in [6.45, 7) is 7.72. The average molecular weight is 300 g/mol. The van der Waals surface area contributed by atoms with Crippen LogP contribution in [0.15, 0.2) is 28.9 Å². The summed E-state index contributed by atoms with van der Waals surface area (Å²) in [4.78, 5) is 20.8. The van der Waals surface area contributed by atoms with Gasteiger partial charge in [0.25, 0.3) is 5.91 Å². The molecule has 2 aromatic heterocycles. The van der Waals surface area contributed by atoms with Gasteiger partial charge in [-0.3, -0.25) is 14.7 Å². The van der Waals surface area contributed by atoms with E-state index in [9.17, 15) is 4.79 Å². The van der Waals surface area contributed by atoms with Gasteiger partial charge in [-0.15, -0.1) is 0 Å². The van der Waals surface area contributed by atoms with Crippen molar-refractivity contribution >= 4 is 5.91 Å². The van der Waals surface area contributed by atoms with Crippen molar-refractivity contribution in [3.63, 3.8) is 0 Å². The molecule has 3 rings (SSSR count). The fourth-order valence-corrected chi connectivity index (χ4v) is 2.61. The van der Waals surface area contributed by atoms with Gasteiger partial charge in [0.05, 0.1) is 11.3 Å². The molecule has 2 aromatic rings. The predicted molar refractivity (Wildman–Crippen MR) is 81.4 cm³/mol. The van der Waals surface area contributed by atoms with Gasteiger partial charge >= 0.3 is 0 Å². The molecule has 116 valence electrons. The van der Waals surface area contributed by atoms with Crippen molar-refractivity contribution in [1.82, 2.24) is 19.9 Å². The third-order valence-electron chi connectivity index (χ3n) is 3.88. The lowest BCUT2D eigenvalue weighted by Gasteiger charge is -2.34. The van der Waals surface area contributed by atoms with Gasteiger partial charge in [0.1, 0.15) is 5.76 Å². The minimum absolute atomic E-state index is 0.0597. The third-order valence-corrected chi connectivity index (χ3v) is 3.88. The zero-order chi connectivity index (χ0) is 15.5. The highest BCUT2D eigenvalue weighted by Gasteiger charge is 2.22. The molecule has 0 unspecified atom stereocenters. The van der Waals surface area contributed by atoms with Crippen molar-refractivity contribution in [1.29, 1.82) is 0 Å². The number of rotatable bonds is 3. The van der Waals surface area contributed by atoms with Crippen LogP contribution in [0.2, 0.25) is 0 Å². The van der Waals surface area contributed by atoms with E-state index in [-0.39, 0.29) is 5.91 Å². The summed E-state index contributed by atoms with van der Waals surface area (Å²) in [5.41, 5.74) is 2.52. The third kappa shape index (κ3) is 3.33. The number of carbonyl (C=O) groups excluding carboxylic acids is 1. The molecule has 1 saturated heterocycles. The number of piperazine rings is 1. The van der Waals surface area contributed by atoms with Crippen molar-refractivity contribution in [3.05, 3.63) is 47.1 Å². The molecular weight excluding hydrogens is 280 g/mol. The Bertz CT molecular complexity index is 642. The van der Waals surface area contributed by atoms with Gasteiger partial charge in [-0.2, -0.15) is 0 Å². The first-order valence-corrected chi connectivity index (χ1v) is 7.48. The number of pyridine rings is 1. The lowest BCUT2D eigenvalue weighted by atomic mass is 10.2. The van der Waals surface area contributed by atoms with E-state index in [0.29, 0.717) is 5.56 Å². The Hall–Kier alpha value is -2.21. The fourth-order valence-electron chi connectivity index (χ4n) is 2.61. The van der Waals surface area contributed by atoms with E-state index >= 15 is 0 Å². The van der Waals surface area contributed by atoms with Gasteiger partial charge in [-0.1, -0.05) is 5.16 Å². The summed E-state index contributed by atoms with van der Waals surface area (Å²) in [5.74, 6) is 0.889. The van der Waals surface area contributed by atoms with Crippen LogP contribution in [-0.2, 0) is 6.54 Å². The molecule has 0 saturated carbocycles. The standard InChI is InChI=1S/C16H20N4O2/c1-12-3-4-14(10-17-12)16(21)20-7-5-19(6-8-20)11-15-9-13(2)22-18-15/h3-4,9-10H,5-8,11H2,1-2H3. The van der Waals surface area contributed by atoms with Gasteiger partial charge in [0.2, 0.25) is 0 Å². The Morgan fingerprint density at radius 1 is 1.23 bits per heavy atom. The van der Waals surface area contributed by atoms with Crippen LogP contribution >= 0.6 is 0 Å². The maximum atomic E-state index is 12.4. The molecule has 1 aliphatic rings. The zero-order valence-electron chi connectivity index (χ0n) is 13.0. The number of amides is 1. The molecular formula is C16H20N4O2.